The molecule has 0 fully saturated rings. The first kappa shape index (κ1) is 14.0. The summed E-state index contributed by atoms with van der Waals surface area (Å²) < 4.78 is 49.8. The summed E-state index contributed by atoms with van der Waals surface area (Å²) >= 11 is 1.78. The summed E-state index contributed by atoms with van der Waals surface area (Å²) in [5.74, 6) is -2.07. The fourth-order valence-electron chi connectivity index (χ4n) is 1.42. The summed E-state index contributed by atoms with van der Waals surface area (Å²) in [5, 5.41) is 0. The molecule has 100 valence electrons. The number of halogens is 4. The van der Waals surface area contributed by atoms with Gasteiger partial charge in [-0.1, -0.05) is 0 Å². The Labute approximate surface area is 121 Å². The molecule has 0 saturated heterocycles. The standard InChI is InChI=1S/C13H8F3IO2/c1-18-12-6-8(5-11(17)13(12)16)19-7-2-3-9(14)10(15)4-7/h2-6H,1H3. The van der Waals surface area contributed by atoms with Crippen LogP contribution in [0.2, 0.25) is 0 Å². The highest BCUT2D eigenvalue weighted by molar-refractivity contribution is 14.1. The fourth-order valence-corrected chi connectivity index (χ4v) is 2.00. The zero-order valence-electron chi connectivity index (χ0n) is 9.72. The Morgan fingerprint density at radius 1 is 0.947 bits per heavy atom. The van der Waals surface area contributed by atoms with Crippen LogP contribution in [0.5, 0.6) is 17.2 Å². The van der Waals surface area contributed by atoms with Crippen molar-refractivity contribution in [2.75, 3.05) is 7.11 Å². The summed E-state index contributed by atoms with van der Waals surface area (Å²) in [6.45, 7) is 0. The number of methoxy groups -OCH3 is 1. The Morgan fingerprint density at radius 3 is 2.32 bits per heavy atom. The normalized spacial score (nSPS) is 10.4. The van der Waals surface area contributed by atoms with Gasteiger partial charge in [-0.05, 0) is 40.8 Å². The van der Waals surface area contributed by atoms with Gasteiger partial charge >= 0.3 is 0 Å². The van der Waals surface area contributed by atoms with Gasteiger partial charge in [0.1, 0.15) is 11.5 Å². The van der Waals surface area contributed by atoms with Crippen molar-refractivity contribution < 1.29 is 22.6 Å². The van der Waals surface area contributed by atoms with Crippen LogP contribution in [0.4, 0.5) is 13.2 Å². The van der Waals surface area contributed by atoms with E-state index in [0.29, 0.717) is 3.57 Å². The molecule has 2 nitrogen and oxygen atoms in total. The second-order valence-corrected chi connectivity index (χ2v) is 4.76. The van der Waals surface area contributed by atoms with Crippen LogP contribution in [0.15, 0.2) is 30.3 Å². The Morgan fingerprint density at radius 2 is 1.68 bits per heavy atom. The SMILES string of the molecule is COc1cc(Oc2ccc(F)c(F)c2)cc(I)c1F. The summed E-state index contributed by atoms with van der Waals surface area (Å²) in [6.07, 6.45) is 0. The van der Waals surface area contributed by atoms with Gasteiger partial charge in [0.2, 0.25) is 0 Å². The third-order valence-corrected chi connectivity index (χ3v) is 3.10. The van der Waals surface area contributed by atoms with Crippen molar-refractivity contribution in [3.8, 4) is 17.2 Å². The fraction of sp³-hybridized carbons (Fsp3) is 0.0769. The minimum atomic E-state index is -1.01. The molecule has 0 aliphatic rings. The third kappa shape index (κ3) is 3.12. The quantitative estimate of drug-likeness (QED) is 0.730. The molecule has 0 aliphatic carbocycles. The van der Waals surface area contributed by atoms with E-state index in [9.17, 15) is 13.2 Å². The predicted octanol–water partition coefficient (Wildman–Crippen LogP) is 4.51. The highest BCUT2D eigenvalue weighted by atomic mass is 127. The molecule has 0 aliphatic heterocycles. The first-order chi connectivity index (χ1) is 9.01. The first-order valence-electron chi connectivity index (χ1n) is 5.17. The molecule has 0 bridgehead atoms. The van der Waals surface area contributed by atoms with Crippen molar-refractivity contribution >= 4 is 22.6 Å². The summed E-state index contributed by atoms with van der Waals surface area (Å²) in [5.41, 5.74) is 0. The van der Waals surface area contributed by atoms with E-state index in [1.54, 1.807) is 22.6 Å². The molecule has 0 N–H and O–H groups in total. The van der Waals surface area contributed by atoms with Crippen molar-refractivity contribution in [3.05, 3.63) is 51.4 Å². The minimum absolute atomic E-state index is 0.0180. The molecular formula is C13H8F3IO2. The molecular weight excluding hydrogens is 372 g/mol. The number of benzene rings is 2. The smallest absolute Gasteiger partial charge is 0.178 e. The van der Waals surface area contributed by atoms with Gasteiger partial charge < -0.3 is 9.47 Å². The maximum Gasteiger partial charge on any atom is 0.178 e. The van der Waals surface area contributed by atoms with Gasteiger partial charge in [-0.15, -0.1) is 0 Å². The van der Waals surface area contributed by atoms with Gasteiger partial charge in [0.25, 0.3) is 0 Å². The van der Waals surface area contributed by atoms with Crippen molar-refractivity contribution in [1.82, 2.24) is 0 Å². The number of rotatable bonds is 3. The molecule has 0 aromatic heterocycles. The van der Waals surface area contributed by atoms with E-state index in [-0.39, 0.29) is 17.2 Å². The van der Waals surface area contributed by atoms with Crippen LogP contribution >= 0.6 is 22.6 Å². The monoisotopic (exact) mass is 380 g/mol. The van der Waals surface area contributed by atoms with Crippen molar-refractivity contribution in [1.29, 1.82) is 0 Å². The van der Waals surface area contributed by atoms with E-state index >= 15 is 0 Å². The molecule has 0 radical (unpaired) electrons. The molecule has 2 aromatic rings. The van der Waals surface area contributed by atoms with E-state index in [0.717, 1.165) is 12.1 Å². The number of hydrogen-bond acceptors (Lipinski definition) is 2. The van der Waals surface area contributed by atoms with Gasteiger partial charge in [0.05, 0.1) is 10.7 Å². The molecule has 2 aromatic carbocycles. The lowest BCUT2D eigenvalue weighted by Crippen LogP contribution is -1.94. The van der Waals surface area contributed by atoms with E-state index in [2.05, 4.69) is 0 Å². The summed E-state index contributed by atoms with van der Waals surface area (Å²) in [6, 6.07) is 5.91. The second-order valence-electron chi connectivity index (χ2n) is 3.60. The Bertz CT molecular complexity index is 617. The van der Waals surface area contributed by atoms with Crippen LogP contribution in [-0.2, 0) is 0 Å². The van der Waals surface area contributed by atoms with Gasteiger partial charge in [-0.2, -0.15) is 0 Å². The zero-order chi connectivity index (χ0) is 14.0. The van der Waals surface area contributed by atoms with Gasteiger partial charge in [-0.25, -0.2) is 13.2 Å². The topological polar surface area (TPSA) is 18.5 Å². The Hall–Kier alpha value is -1.44. The second kappa shape index (κ2) is 5.68. The highest BCUT2D eigenvalue weighted by Gasteiger charge is 2.11. The molecule has 0 spiro atoms. The molecule has 0 unspecified atom stereocenters. The third-order valence-electron chi connectivity index (χ3n) is 2.32. The molecule has 0 atom stereocenters. The largest absolute Gasteiger partial charge is 0.494 e. The Kier molecular flexibility index (Phi) is 4.18. The molecule has 0 heterocycles. The average Bonchev–Trinajstić information content (AvgIpc) is 2.38. The van der Waals surface area contributed by atoms with Crippen LogP contribution in [0.25, 0.3) is 0 Å². The van der Waals surface area contributed by atoms with Gasteiger partial charge in [-0.3, -0.25) is 0 Å². The molecule has 19 heavy (non-hydrogen) atoms. The van der Waals surface area contributed by atoms with Crippen LogP contribution in [-0.4, -0.2) is 7.11 Å². The highest BCUT2D eigenvalue weighted by Crippen LogP contribution is 2.31. The Balaban J connectivity index is 2.32. The lowest BCUT2D eigenvalue weighted by molar-refractivity contribution is 0.379. The first-order valence-corrected chi connectivity index (χ1v) is 6.25. The zero-order valence-corrected chi connectivity index (χ0v) is 11.9. The minimum Gasteiger partial charge on any atom is -0.494 e. The van der Waals surface area contributed by atoms with E-state index in [1.165, 1.54) is 25.3 Å². The van der Waals surface area contributed by atoms with E-state index in [4.69, 9.17) is 9.47 Å². The molecule has 0 saturated carbocycles. The lowest BCUT2D eigenvalue weighted by atomic mass is 10.3. The van der Waals surface area contributed by atoms with E-state index in [1.807, 2.05) is 0 Å². The average molecular weight is 380 g/mol. The van der Waals surface area contributed by atoms with Gasteiger partial charge in [0, 0.05) is 12.1 Å². The van der Waals surface area contributed by atoms with E-state index < -0.39 is 17.5 Å². The molecule has 0 amide bonds. The van der Waals surface area contributed by atoms with Crippen LogP contribution in [0.3, 0.4) is 0 Å². The number of ether oxygens (including phenoxy) is 2. The van der Waals surface area contributed by atoms with Crippen molar-refractivity contribution in [2.24, 2.45) is 0 Å². The molecule has 2 rings (SSSR count). The number of hydrogen-bond donors (Lipinski definition) is 0. The van der Waals surface area contributed by atoms with Crippen LogP contribution < -0.4 is 9.47 Å². The predicted molar refractivity (Wildman–Crippen MR) is 72.1 cm³/mol. The summed E-state index contributed by atoms with van der Waals surface area (Å²) in [7, 11) is 1.33. The van der Waals surface area contributed by atoms with Crippen molar-refractivity contribution in [3.63, 3.8) is 0 Å². The van der Waals surface area contributed by atoms with Crippen molar-refractivity contribution in [2.45, 2.75) is 0 Å². The lowest BCUT2D eigenvalue weighted by Gasteiger charge is -2.09. The molecule has 6 heteroatoms. The van der Waals surface area contributed by atoms with Gasteiger partial charge in [0.15, 0.2) is 23.2 Å². The summed E-state index contributed by atoms with van der Waals surface area (Å²) in [4.78, 5) is 0. The van der Waals surface area contributed by atoms with Crippen LogP contribution in [0.1, 0.15) is 0 Å². The van der Waals surface area contributed by atoms with Crippen LogP contribution in [0, 0.1) is 21.0 Å². The maximum atomic E-state index is 13.5. The maximum absolute atomic E-state index is 13.5.